The molecule has 3 heteroatoms. The van der Waals surface area contributed by atoms with Gasteiger partial charge in [0.1, 0.15) is 18.1 Å². The lowest BCUT2D eigenvalue weighted by Crippen LogP contribution is -2.11. The molecular formula is C17H18O3. The van der Waals surface area contributed by atoms with Crippen molar-refractivity contribution in [3.05, 3.63) is 59.2 Å². The molecule has 0 amide bonds. The van der Waals surface area contributed by atoms with E-state index in [1.165, 1.54) is 0 Å². The first-order chi connectivity index (χ1) is 9.74. The fraction of sp³-hybridized carbons (Fsp3) is 0.294. The average molecular weight is 270 g/mol. The number of phenols is 1. The van der Waals surface area contributed by atoms with Gasteiger partial charge in [-0.15, -0.1) is 0 Å². The molecule has 1 unspecified atom stereocenters. The Morgan fingerprint density at radius 3 is 2.70 bits per heavy atom. The number of phenolic OH excluding ortho intramolecular Hbond substituents is 1. The quantitative estimate of drug-likeness (QED) is 0.899. The lowest BCUT2D eigenvalue weighted by molar-refractivity contribution is 0.155. The Morgan fingerprint density at radius 1 is 1.10 bits per heavy atom. The average Bonchev–Trinajstić information content (AvgIpc) is 2.47. The maximum atomic E-state index is 10.0. The highest BCUT2D eigenvalue weighted by Gasteiger charge is 2.20. The molecule has 0 fully saturated rings. The van der Waals surface area contributed by atoms with Crippen molar-refractivity contribution in [1.29, 1.82) is 0 Å². The first-order valence-electron chi connectivity index (χ1n) is 6.94. The Morgan fingerprint density at radius 2 is 1.90 bits per heavy atom. The number of aromatic hydroxyl groups is 1. The number of aliphatic hydroxyl groups excluding tert-OH is 1. The van der Waals surface area contributed by atoms with E-state index in [-0.39, 0.29) is 11.9 Å². The van der Waals surface area contributed by atoms with Gasteiger partial charge in [0.05, 0.1) is 6.10 Å². The molecule has 1 aliphatic rings. The lowest BCUT2D eigenvalue weighted by atomic mass is 9.89. The summed E-state index contributed by atoms with van der Waals surface area (Å²) in [6.07, 6.45) is 2.41. The van der Waals surface area contributed by atoms with Gasteiger partial charge in [0.25, 0.3) is 0 Å². The van der Waals surface area contributed by atoms with Gasteiger partial charge in [-0.2, -0.15) is 0 Å². The van der Waals surface area contributed by atoms with Crippen molar-refractivity contribution in [3.8, 4) is 11.5 Å². The third-order valence-electron chi connectivity index (χ3n) is 3.76. The molecule has 0 spiro atoms. The Bertz CT molecular complexity index is 590. The Balaban J connectivity index is 1.78. The maximum Gasteiger partial charge on any atom is 0.123 e. The fourth-order valence-corrected chi connectivity index (χ4v) is 2.68. The van der Waals surface area contributed by atoms with E-state index in [0.29, 0.717) is 6.61 Å². The van der Waals surface area contributed by atoms with Crippen molar-refractivity contribution in [2.75, 3.05) is 0 Å². The van der Waals surface area contributed by atoms with E-state index >= 15 is 0 Å². The SMILES string of the molecule is Oc1ccc(COc2cccc3c2CCCC3O)cc1. The van der Waals surface area contributed by atoms with Crippen LogP contribution in [0, 0.1) is 0 Å². The summed E-state index contributed by atoms with van der Waals surface area (Å²) >= 11 is 0. The molecule has 0 saturated carbocycles. The molecular weight excluding hydrogens is 252 g/mol. The molecule has 0 aromatic heterocycles. The third-order valence-corrected chi connectivity index (χ3v) is 3.76. The molecule has 2 aromatic rings. The van der Waals surface area contributed by atoms with Crippen molar-refractivity contribution in [1.82, 2.24) is 0 Å². The van der Waals surface area contributed by atoms with Crippen molar-refractivity contribution in [3.63, 3.8) is 0 Å². The molecule has 3 rings (SSSR count). The van der Waals surface area contributed by atoms with Crippen molar-refractivity contribution in [2.24, 2.45) is 0 Å². The van der Waals surface area contributed by atoms with Crippen LogP contribution in [0.25, 0.3) is 0 Å². The minimum Gasteiger partial charge on any atom is -0.508 e. The molecule has 2 N–H and O–H groups in total. The second-order valence-electron chi connectivity index (χ2n) is 5.19. The topological polar surface area (TPSA) is 49.7 Å². The van der Waals surface area contributed by atoms with E-state index in [1.807, 2.05) is 30.3 Å². The van der Waals surface area contributed by atoms with Crippen LogP contribution in [0.3, 0.4) is 0 Å². The first-order valence-corrected chi connectivity index (χ1v) is 6.94. The van der Waals surface area contributed by atoms with Crippen LogP contribution in [0.4, 0.5) is 0 Å². The summed E-state index contributed by atoms with van der Waals surface area (Å²) in [5.41, 5.74) is 3.14. The monoisotopic (exact) mass is 270 g/mol. The van der Waals surface area contributed by atoms with Crippen LogP contribution < -0.4 is 4.74 Å². The largest absolute Gasteiger partial charge is 0.508 e. The Hall–Kier alpha value is -2.00. The van der Waals surface area contributed by atoms with E-state index in [4.69, 9.17) is 4.74 Å². The molecule has 1 aliphatic carbocycles. The van der Waals surface area contributed by atoms with Gasteiger partial charge in [0.15, 0.2) is 0 Å². The second-order valence-corrected chi connectivity index (χ2v) is 5.19. The normalized spacial score (nSPS) is 17.6. The Kier molecular flexibility index (Phi) is 3.61. The highest BCUT2D eigenvalue weighted by molar-refractivity contribution is 5.43. The van der Waals surface area contributed by atoms with Crippen LogP contribution in [0.5, 0.6) is 11.5 Å². The van der Waals surface area contributed by atoms with E-state index in [2.05, 4.69) is 0 Å². The van der Waals surface area contributed by atoms with Crippen LogP contribution in [0.2, 0.25) is 0 Å². The minimum absolute atomic E-state index is 0.258. The number of hydrogen-bond acceptors (Lipinski definition) is 3. The molecule has 3 nitrogen and oxygen atoms in total. The molecule has 1 atom stereocenters. The smallest absolute Gasteiger partial charge is 0.123 e. The van der Waals surface area contributed by atoms with Gasteiger partial charge >= 0.3 is 0 Å². The van der Waals surface area contributed by atoms with Gasteiger partial charge in [-0.05, 0) is 54.2 Å². The van der Waals surface area contributed by atoms with Gasteiger partial charge in [0, 0.05) is 0 Å². The van der Waals surface area contributed by atoms with Gasteiger partial charge in [-0.3, -0.25) is 0 Å². The van der Waals surface area contributed by atoms with Crippen molar-refractivity contribution in [2.45, 2.75) is 32.0 Å². The molecule has 2 aromatic carbocycles. The van der Waals surface area contributed by atoms with Gasteiger partial charge < -0.3 is 14.9 Å². The summed E-state index contributed by atoms with van der Waals surface area (Å²) in [5, 5.41) is 19.3. The van der Waals surface area contributed by atoms with Crippen LogP contribution >= 0.6 is 0 Å². The highest BCUT2D eigenvalue weighted by atomic mass is 16.5. The Labute approximate surface area is 118 Å². The number of aliphatic hydroxyl groups is 1. The molecule has 0 aliphatic heterocycles. The number of benzene rings is 2. The summed E-state index contributed by atoms with van der Waals surface area (Å²) in [6, 6.07) is 12.9. The summed E-state index contributed by atoms with van der Waals surface area (Å²) in [6.45, 7) is 0.465. The van der Waals surface area contributed by atoms with Crippen LogP contribution in [-0.2, 0) is 13.0 Å². The zero-order chi connectivity index (χ0) is 13.9. The summed E-state index contributed by atoms with van der Waals surface area (Å²) in [7, 11) is 0. The molecule has 0 radical (unpaired) electrons. The second kappa shape index (κ2) is 5.55. The predicted molar refractivity (Wildman–Crippen MR) is 76.8 cm³/mol. The summed E-state index contributed by atoms with van der Waals surface area (Å²) < 4.78 is 5.89. The van der Waals surface area contributed by atoms with Gasteiger partial charge in [-0.1, -0.05) is 24.3 Å². The number of rotatable bonds is 3. The zero-order valence-electron chi connectivity index (χ0n) is 11.2. The van der Waals surface area contributed by atoms with E-state index in [0.717, 1.165) is 41.7 Å². The highest BCUT2D eigenvalue weighted by Crippen LogP contribution is 2.35. The standard InChI is InChI=1S/C17H18O3/c18-13-9-7-12(8-10-13)11-20-17-6-2-3-14-15(17)4-1-5-16(14)19/h2-3,6-10,16,18-19H,1,4-5,11H2. The van der Waals surface area contributed by atoms with Crippen molar-refractivity contribution >= 4 is 0 Å². The molecule has 0 heterocycles. The fourth-order valence-electron chi connectivity index (χ4n) is 2.68. The lowest BCUT2D eigenvalue weighted by Gasteiger charge is -2.23. The van der Waals surface area contributed by atoms with E-state index in [9.17, 15) is 10.2 Å². The summed E-state index contributed by atoms with van der Waals surface area (Å²) in [4.78, 5) is 0. The molecule has 0 bridgehead atoms. The van der Waals surface area contributed by atoms with Crippen LogP contribution in [-0.4, -0.2) is 10.2 Å². The zero-order valence-corrected chi connectivity index (χ0v) is 11.2. The van der Waals surface area contributed by atoms with E-state index < -0.39 is 0 Å². The van der Waals surface area contributed by atoms with Crippen molar-refractivity contribution < 1.29 is 14.9 Å². The third kappa shape index (κ3) is 2.63. The van der Waals surface area contributed by atoms with Crippen LogP contribution in [0.15, 0.2) is 42.5 Å². The number of ether oxygens (including phenoxy) is 1. The maximum absolute atomic E-state index is 10.0. The van der Waals surface area contributed by atoms with E-state index in [1.54, 1.807) is 12.1 Å². The summed E-state index contributed by atoms with van der Waals surface area (Å²) in [5.74, 6) is 1.11. The number of fused-ring (bicyclic) bond motifs is 1. The van der Waals surface area contributed by atoms with Gasteiger partial charge in [0.2, 0.25) is 0 Å². The van der Waals surface area contributed by atoms with Gasteiger partial charge in [-0.25, -0.2) is 0 Å². The first kappa shape index (κ1) is 13.0. The minimum atomic E-state index is -0.365. The van der Waals surface area contributed by atoms with Crippen LogP contribution in [0.1, 0.15) is 35.6 Å². The molecule has 104 valence electrons. The number of hydrogen-bond donors (Lipinski definition) is 2. The molecule has 0 saturated heterocycles. The predicted octanol–water partition coefficient (Wildman–Crippen LogP) is 3.34. The molecule has 20 heavy (non-hydrogen) atoms.